The van der Waals surface area contributed by atoms with Crippen molar-refractivity contribution in [3.8, 4) is 0 Å². The minimum absolute atomic E-state index is 0.357. The number of methoxy groups -OCH3 is 1. The maximum atomic E-state index is 11.4. The number of ether oxygens (including phenoxy) is 1. The first-order valence-corrected chi connectivity index (χ1v) is 6.19. The van der Waals surface area contributed by atoms with Gasteiger partial charge in [-0.25, -0.2) is 4.79 Å². The van der Waals surface area contributed by atoms with Crippen LogP contribution in [0.1, 0.15) is 41.6 Å². The molecule has 1 aliphatic carbocycles. The third kappa shape index (κ3) is 3.23. The molecule has 0 atom stereocenters. The van der Waals surface area contributed by atoms with Gasteiger partial charge in [0.2, 0.25) is 0 Å². The lowest BCUT2D eigenvalue weighted by atomic mass is 10.2. The molecule has 1 aromatic rings. The molecule has 1 aliphatic rings. The molecule has 98 valence electrons. The van der Waals surface area contributed by atoms with E-state index in [9.17, 15) is 4.79 Å². The second kappa shape index (κ2) is 5.40. The van der Waals surface area contributed by atoms with Crippen LogP contribution < -0.4 is 5.32 Å². The number of aryl methyl sites for hydroxylation is 1. The molecule has 18 heavy (non-hydrogen) atoms. The van der Waals surface area contributed by atoms with Gasteiger partial charge in [0.25, 0.3) is 0 Å². The number of hydrogen-bond acceptors (Lipinski definition) is 4. The van der Waals surface area contributed by atoms with E-state index in [0.717, 1.165) is 6.54 Å². The van der Waals surface area contributed by atoms with E-state index in [1.54, 1.807) is 13.0 Å². The molecule has 1 aromatic heterocycles. The third-order valence-corrected chi connectivity index (χ3v) is 2.98. The Morgan fingerprint density at radius 2 is 2.33 bits per heavy atom. The Labute approximate surface area is 107 Å². The van der Waals surface area contributed by atoms with E-state index in [0.29, 0.717) is 23.1 Å². The zero-order valence-corrected chi connectivity index (χ0v) is 11.1. The fourth-order valence-electron chi connectivity index (χ4n) is 1.78. The molecule has 1 N–H and O–H groups in total. The zero-order valence-electron chi connectivity index (χ0n) is 11.1. The van der Waals surface area contributed by atoms with Crippen molar-refractivity contribution >= 4 is 12.0 Å². The normalized spacial score (nSPS) is 15.8. The van der Waals surface area contributed by atoms with Gasteiger partial charge in [-0.15, -0.1) is 0 Å². The highest BCUT2D eigenvalue weighted by molar-refractivity contribution is 5.91. The topological polar surface area (TPSA) is 51.5 Å². The van der Waals surface area contributed by atoms with Gasteiger partial charge < -0.3 is 14.5 Å². The molecule has 1 fully saturated rings. The quantitative estimate of drug-likeness (QED) is 0.815. The van der Waals surface area contributed by atoms with Crippen LogP contribution in [0.25, 0.3) is 6.08 Å². The number of esters is 1. The maximum absolute atomic E-state index is 11.4. The molecule has 0 spiro atoms. The number of rotatable bonds is 5. The summed E-state index contributed by atoms with van der Waals surface area (Å²) in [4.78, 5) is 11.4. The van der Waals surface area contributed by atoms with Gasteiger partial charge in [0.1, 0.15) is 17.1 Å². The Kier molecular flexibility index (Phi) is 3.87. The van der Waals surface area contributed by atoms with Crippen molar-refractivity contribution in [3.63, 3.8) is 0 Å². The summed E-state index contributed by atoms with van der Waals surface area (Å²) in [5.41, 5.74) is 1.68. The van der Waals surface area contributed by atoms with Crippen LogP contribution in [0.5, 0.6) is 0 Å². The minimum atomic E-state index is -0.357. The molecular weight excluding hydrogens is 230 g/mol. The van der Waals surface area contributed by atoms with Crippen LogP contribution in [0.15, 0.2) is 16.1 Å². The second-order valence-corrected chi connectivity index (χ2v) is 4.76. The Morgan fingerprint density at radius 1 is 1.61 bits per heavy atom. The molecule has 1 saturated carbocycles. The summed E-state index contributed by atoms with van der Waals surface area (Å²) in [7, 11) is 1.37. The summed E-state index contributed by atoms with van der Waals surface area (Å²) in [6.45, 7) is 4.67. The third-order valence-electron chi connectivity index (χ3n) is 2.98. The van der Waals surface area contributed by atoms with Gasteiger partial charge in [0.15, 0.2) is 0 Å². The minimum Gasteiger partial charge on any atom is -0.465 e. The molecule has 0 bridgehead atoms. The average molecular weight is 249 g/mol. The summed E-state index contributed by atoms with van der Waals surface area (Å²) < 4.78 is 10.2. The van der Waals surface area contributed by atoms with Gasteiger partial charge >= 0.3 is 5.97 Å². The summed E-state index contributed by atoms with van der Waals surface area (Å²) in [5, 5.41) is 3.43. The van der Waals surface area contributed by atoms with Crippen LogP contribution in [0.4, 0.5) is 0 Å². The van der Waals surface area contributed by atoms with Crippen LogP contribution in [-0.2, 0) is 4.74 Å². The van der Waals surface area contributed by atoms with Crippen molar-refractivity contribution in [1.82, 2.24) is 5.32 Å². The van der Waals surface area contributed by atoms with Crippen LogP contribution in [0.2, 0.25) is 0 Å². The van der Waals surface area contributed by atoms with E-state index in [1.165, 1.54) is 25.5 Å². The highest BCUT2D eigenvalue weighted by atomic mass is 16.5. The van der Waals surface area contributed by atoms with Crippen molar-refractivity contribution in [1.29, 1.82) is 0 Å². The van der Waals surface area contributed by atoms with E-state index < -0.39 is 0 Å². The van der Waals surface area contributed by atoms with Gasteiger partial charge in [-0.2, -0.15) is 0 Å². The van der Waals surface area contributed by atoms with Gasteiger partial charge in [-0.05, 0) is 38.8 Å². The van der Waals surface area contributed by atoms with Crippen molar-refractivity contribution in [2.45, 2.75) is 32.7 Å². The lowest BCUT2D eigenvalue weighted by molar-refractivity contribution is 0.0599. The first kappa shape index (κ1) is 12.9. The molecule has 4 heteroatoms. The molecule has 2 rings (SSSR count). The number of carbonyl (C=O) groups excluding carboxylic acids is 1. The van der Waals surface area contributed by atoms with Gasteiger partial charge in [-0.1, -0.05) is 5.57 Å². The highest BCUT2D eigenvalue weighted by Gasteiger charge is 2.20. The SMILES string of the molecule is COC(=O)c1cc(C=C(C)CNC2CC2)oc1C. The lowest BCUT2D eigenvalue weighted by Crippen LogP contribution is -2.18. The molecule has 0 aliphatic heterocycles. The first-order valence-electron chi connectivity index (χ1n) is 6.19. The predicted molar refractivity (Wildman–Crippen MR) is 69.5 cm³/mol. The summed E-state index contributed by atoms with van der Waals surface area (Å²) in [6.07, 6.45) is 4.51. The average Bonchev–Trinajstić information content (AvgIpc) is 3.10. The van der Waals surface area contributed by atoms with E-state index in [1.807, 2.05) is 13.0 Å². The number of furan rings is 1. The van der Waals surface area contributed by atoms with Crippen molar-refractivity contribution in [2.75, 3.05) is 13.7 Å². The standard InChI is InChI=1S/C14H19NO3/c1-9(8-15-11-4-5-11)6-12-7-13(10(2)18-12)14(16)17-3/h6-7,11,15H,4-5,8H2,1-3H3. The van der Waals surface area contributed by atoms with Crippen LogP contribution in [0.3, 0.4) is 0 Å². The summed E-state index contributed by atoms with van der Waals surface area (Å²) in [6, 6.07) is 2.42. The summed E-state index contributed by atoms with van der Waals surface area (Å²) in [5.74, 6) is 0.934. The van der Waals surface area contributed by atoms with E-state index in [-0.39, 0.29) is 5.97 Å². The maximum Gasteiger partial charge on any atom is 0.341 e. The van der Waals surface area contributed by atoms with Gasteiger partial charge in [-0.3, -0.25) is 0 Å². The smallest absolute Gasteiger partial charge is 0.341 e. The molecule has 0 radical (unpaired) electrons. The monoisotopic (exact) mass is 249 g/mol. The fourth-order valence-corrected chi connectivity index (χ4v) is 1.78. The number of carbonyl (C=O) groups is 1. The molecule has 0 unspecified atom stereocenters. The largest absolute Gasteiger partial charge is 0.465 e. The second-order valence-electron chi connectivity index (χ2n) is 4.76. The van der Waals surface area contributed by atoms with Gasteiger partial charge in [0.05, 0.1) is 7.11 Å². The molecule has 0 saturated heterocycles. The molecule has 4 nitrogen and oxygen atoms in total. The van der Waals surface area contributed by atoms with E-state index >= 15 is 0 Å². The molecule has 0 amide bonds. The molecule has 1 heterocycles. The highest BCUT2D eigenvalue weighted by Crippen LogP contribution is 2.20. The van der Waals surface area contributed by atoms with Crippen molar-refractivity contribution in [2.24, 2.45) is 0 Å². The van der Waals surface area contributed by atoms with Gasteiger partial charge in [0, 0.05) is 12.6 Å². The number of hydrogen-bond donors (Lipinski definition) is 1. The zero-order chi connectivity index (χ0) is 13.1. The van der Waals surface area contributed by atoms with Crippen molar-refractivity contribution < 1.29 is 13.9 Å². The first-order chi connectivity index (χ1) is 8.60. The van der Waals surface area contributed by atoms with E-state index in [2.05, 4.69) is 5.32 Å². The predicted octanol–water partition coefficient (Wildman–Crippen LogP) is 2.53. The Morgan fingerprint density at radius 3 is 2.94 bits per heavy atom. The molecular formula is C14H19NO3. The summed E-state index contributed by atoms with van der Waals surface area (Å²) >= 11 is 0. The Hall–Kier alpha value is -1.55. The fraction of sp³-hybridized carbons (Fsp3) is 0.500. The lowest BCUT2D eigenvalue weighted by Gasteiger charge is -2.01. The molecule has 0 aromatic carbocycles. The van der Waals surface area contributed by atoms with E-state index in [4.69, 9.17) is 9.15 Å². The van der Waals surface area contributed by atoms with Crippen LogP contribution in [-0.4, -0.2) is 25.7 Å². The Balaban J connectivity index is 2.03. The Bertz CT molecular complexity index is 469. The van der Waals surface area contributed by atoms with Crippen LogP contribution >= 0.6 is 0 Å². The van der Waals surface area contributed by atoms with Crippen molar-refractivity contribution in [3.05, 3.63) is 28.7 Å². The van der Waals surface area contributed by atoms with Crippen LogP contribution in [0, 0.1) is 6.92 Å². The number of nitrogens with one attached hydrogen (secondary N) is 1.